The number of sulfonamides is 1. The Morgan fingerprint density at radius 1 is 1.39 bits per heavy atom. The minimum Gasteiger partial charge on any atom is -0.375 e. The van der Waals surface area contributed by atoms with Crippen molar-refractivity contribution in [1.29, 1.82) is 5.26 Å². The number of nitriles is 1. The molecule has 1 aromatic carbocycles. The molecule has 1 fully saturated rings. The predicted molar refractivity (Wildman–Crippen MR) is 94.0 cm³/mol. The lowest BCUT2D eigenvalue weighted by Crippen LogP contribution is -2.61. The van der Waals surface area contributed by atoms with Gasteiger partial charge in [-0.05, 0) is 12.1 Å². The van der Waals surface area contributed by atoms with E-state index in [2.05, 4.69) is 20.0 Å². The fourth-order valence-corrected chi connectivity index (χ4v) is 4.87. The molecule has 0 radical (unpaired) electrons. The van der Waals surface area contributed by atoms with Gasteiger partial charge in [0.15, 0.2) is 10.5 Å². The van der Waals surface area contributed by atoms with Crippen LogP contribution in [0.25, 0.3) is 16.0 Å². The van der Waals surface area contributed by atoms with E-state index < -0.39 is 27.0 Å². The van der Waals surface area contributed by atoms with Gasteiger partial charge in [0.05, 0.1) is 40.9 Å². The zero-order chi connectivity index (χ0) is 20.1. The Bertz CT molecular complexity index is 1220. The SMILES string of the molecule is N#CC1(NS(=O)(=O)c2cc(Cl)c3cnn(-c4nnc(C(F)F)s4)c3c2)COC1. The third-order valence-electron chi connectivity index (χ3n) is 3.96. The second-order valence-corrected chi connectivity index (χ2v) is 8.99. The van der Waals surface area contributed by atoms with Gasteiger partial charge in [-0.3, -0.25) is 0 Å². The Hall–Kier alpha value is -2.24. The molecule has 3 heterocycles. The summed E-state index contributed by atoms with van der Waals surface area (Å²) in [6.45, 7) is -0.143. The maximum atomic E-state index is 12.8. The summed E-state index contributed by atoms with van der Waals surface area (Å²) in [6, 6.07) is 4.37. The van der Waals surface area contributed by atoms with E-state index in [1.54, 1.807) is 0 Å². The van der Waals surface area contributed by atoms with Crippen LogP contribution in [0.4, 0.5) is 8.78 Å². The van der Waals surface area contributed by atoms with Crippen LogP contribution in [-0.4, -0.2) is 47.1 Å². The predicted octanol–water partition coefficient (Wildman–Crippen LogP) is 2.04. The van der Waals surface area contributed by atoms with E-state index >= 15 is 0 Å². The third-order valence-corrected chi connectivity index (χ3v) is 6.70. The van der Waals surface area contributed by atoms with Crippen LogP contribution in [0.1, 0.15) is 11.4 Å². The number of rotatable bonds is 5. The van der Waals surface area contributed by atoms with E-state index in [1.807, 2.05) is 6.07 Å². The van der Waals surface area contributed by atoms with E-state index in [0.29, 0.717) is 16.7 Å². The number of halogens is 3. The monoisotopic (exact) mass is 446 g/mol. The van der Waals surface area contributed by atoms with Crippen LogP contribution in [0.3, 0.4) is 0 Å². The Kier molecular flexibility index (Phi) is 4.55. The lowest BCUT2D eigenvalue weighted by Gasteiger charge is -2.35. The quantitative estimate of drug-likeness (QED) is 0.636. The first-order chi connectivity index (χ1) is 13.2. The number of alkyl halides is 2. The standard InChI is InChI=1S/C14H9ClF2N6O3S2/c15-9-1-7(28(24,25)22-14(4-18)5-26-6-14)2-10-8(9)3-19-23(10)13-21-20-12(27-13)11(16)17/h1-3,11,22H,5-6H2. The van der Waals surface area contributed by atoms with E-state index in [0.717, 1.165) is 0 Å². The first-order valence-corrected chi connectivity index (χ1v) is 10.2. The molecular formula is C14H9ClF2N6O3S2. The molecule has 1 aliphatic rings. The van der Waals surface area contributed by atoms with Gasteiger partial charge in [-0.1, -0.05) is 22.9 Å². The number of benzene rings is 1. The Morgan fingerprint density at radius 3 is 2.71 bits per heavy atom. The molecule has 1 N–H and O–H groups in total. The molecule has 0 atom stereocenters. The van der Waals surface area contributed by atoms with Gasteiger partial charge in [0.25, 0.3) is 6.43 Å². The summed E-state index contributed by atoms with van der Waals surface area (Å²) in [5.74, 6) is 0. The van der Waals surface area contributed by atoms with Crippen molar-refractivity contribution in [3.05, 3.63) is 28.4 Å². The summed E-state index contributed by atoms with van der Waals surface area (Å²) in [5, 5.41) is 20.3. The molecule has 1 aliphatic heterocycles. The van der Waals surface area contributed by atoms with Crippen LogP contribution >= 0.6 is 22.9 Å². The van der Waals surface area contributed by atoms with Crippen molar-refractivity contribution in [2.45, 2.75) is 16.9 Å². The maximum Gasteiger partial charge on any atom is 0.291 e. The van der Waals surface area contributed by atoms with Gasteiger partial charge in [-0.2, -0.15) is 15.1 Å². The summed E-state index contributed by atoms with van der Waals surface area (Å²) in [5.41, 5.74) is -1.10. The molecule has 0 bridgehead atoms. The Labute approximate surface area is 165 Å². The molecule has 1 saturated heterocycles. The fraction of sp³-hybridized carbons (Fsp3) is 0.286. The molecule has 3 aromatic rings. The van der Waals surface area contributed by atoms with Crippen LogP contribution in [0.2, 0.25) is 5.02 Å². The van der Waals surface area contributed by atoms with Crippen LogP contribution in [0.15, 0.2) is 23.2 Å². The molecule has 146 valence electrons. The molecule has 0 saturated carbocycles. The highest BCUT2D eigenvalue weighted by atomic mass is 35.5. The van der Waals surface area contributed by atoms with Gasteiger partial charge in [0.1, 0.15) is 0 Å². The van der Waals surface area contributed by atoms with Gasteiger partial charge >= 0.3 is 0 Å². The zero-order valence-corrected chi connectivity index (χ0v) is 16.0. The lowest BCUT2D eigenvalue weighted by molar-refractivity contribution is -0.0324. The minimum atomic E-state index is -4.12. The lowest BCUT2D eigenvalue weighted by atomic mass is 10.0. The number of aromatic nitrogens is 4. The summed E-state index contributed by atoms with van der Waals surface area (Å²) in [6.07, 6.45) is -1.43. The van der Waals surface area contributed by atoms with Gasteiger partial charge in [0.2, 0.25) is 15.2 Å². The number of nitrogens with zero attached hydrogens (tertiary/aromatic N) is 5. The minimum absolute atomic E-state index is 0.0322. The molecule has 0 spiro atoms. The first kappa shape index (κ1) is 19.1. The topological polar surface area (TPSA) is 123 Å². The van der Waals surface area contributed by atoms with Crippen molar-refractivity contribution >= 4 is 43.9 Å². The van der Waals surface area contributed by atoms with Crippen LogP contribution in [-0.2, 0) is 14.8 Å². The Balaban J connectivity index is 1.80. The van der Waals surface area contributed by atoms with Crippen molar-refractivity contribution in [3.8, 4) is 11.2 Å². The van der Waals surface area contributed by atoms with Gasteiger partial charge in [-0.25, -0.2) is 21.9 Å². The second kappa shape index (κ2) is 6.68. The number of ether oxygens (including phenoxy) is 1. The van der Waals surface area contributed by atoms with Crippen molar-refractivity contribution in [2.75, 3.05) is 13.2 Å². The molecule has 28 heavy (non-hydrogen) atoms. The molecule has 4 rings (SSSR count). The van der Waals surface area contributed by atoms with E-state index in [1.165, 1.54) is 23.0 Å². The molecule has 14 heteroatoms. The van der Waals surface area contributed by atoms with Crippen LogP contribution in [0, 0.1) is 11.3 Å². The number of fused-ring (bicyclic) bond motifs is 1. The van der Waals surface area contributed by atoms with Gasteiger partial charge in [0, 0.05) is 5.39 Å². The molecule has 0 aliphatic carbocycles. The number of nitrogens with one attached hydrogen (secondary N) is 1. The highest BCUT2D eigenvalue weighted by molar-refractivity contribution is 7.89. The maximum absolute atomic E-state index is 12.8. The summed E-state index contributed by atoms with van der Waals surface area (Å²) >= 11 is 6.81. The number of hydrogen-bond acceptors (Lipinski definition) is 8. The molecule has 0 amide bonds. The zero-order valence-electron chi connectivity index (χ0n) is 13.6. The average Bonchev–Trinajstić information content (AvgIpc) is 3.24. The van der Waals surface area contributed by atoms with Crippen molar-refractivity contribution in [3.63, 3.8) is 0 Å². The summed E-state index contributed by atoms with van der Waals surface area (Å²) < 4.78 is 59.4. The summed E-state index contributed by atoms with van der Waals surface area (Å²) in [7, 11) is -4.12. The normalized spacial score (nSPS) is 16.2. The first-order valence-electron chi connectivity index (χ1n) is 7.57. The van der Waals surface area contributed by atoms with E-state index in [-0.39, 0.29) is 33.8 Å². The highest BCUT2D eigenvalue weighted by Crippen LogP contribution is 2.32. The van der Waals surface area contributed by atoms with E-state index in [4.69, 9.17) is 16.3 Å². The summed E-state index contributed by atoms with van der Waals surface area (Å²) in [4.78, 5) is -0.216. The fourth-order valence-electron chi connectivity index (χ4n) is 2.54. The Morgan fingerprint density at radius 2 is 2.14 bits per heavy atom. The molecule has 9 nitrogen and oxygen atoms in total. The largest absolute Gasteiger partial charge is 0.375 e. The van der Waals surface area contributed by atoms with Gasteiger partial charge in [-0.15, -0.1) is 10.2 Å². The average molecular weight is 447 g/mol. The highest BCUT2D eigenvalue weighted by Gasteiger charge is 2.43. The van der Waals surface area contributed by atoms with Crippen LogP contribution < -0.4 is 4.72 Å². The van der Waals surface area contributed by atoms with Crippen molar-refractivity contribution < 1.29 is 21.9 Å². The third kappa shape index (κ3) is 3.12. The molecule has 0 unspecified atom stereocenters. The van der Waals surface area contributed by atoms with Crippen molar-refractivity contribution in [2.24, 2.45) is 0 Å². The van der Waals surface area contributed by atoms with Crippen molar-refractivity contribution in [1.82, 2.24) is 24.7 Å². The smallest absolute Gasteiger partial charge is 0.291 e. The molecule has 2 aromatic heterocycles. The van der Waals surface area contributed by atoms with Gasteiger partial charge < -0.3 is 4.74 Å². The van der Waals surface area contributed by atoms with Crippen LogP contribution in [0.5, 0.6) is 0 Å². The van der Waals surface area contributed by atoms with E-state index in [9.17, 15) is 22.5 Å². The molecular weight excluding hydrogens is 438 g/mol. The second-order valence-electron chi connectivity index (χ2n) is 5.91. The number of hydrogen-bond donors (Lipinski definition) is 1.